The van der Waals surface area contributed by atoms with Gasteiger partial charge >= 0.3 is 0 Å². The molecule has 0 aromatic heterocycles. The van der Waals surface area contributed by atoms with Crippen LogP contribution in [0.25, 0.3) is 6.08 Å². The Hall–Kier alpha value is -2.78. The van der Waals surface area contributed by atoms with Crippen LogP contribution in [0.3, 0.4) is 0 Å². The molecule has 0 N–H and O–H groups in total. The van der Waals surface area contributed by atoms with E-state index in [1.54, 1.807) is 42.5 Å². The van der Waals surface area contributed by atoms with E-state index in [4.69, 9.17) is 9.47 Å². The number of rotatable bonds is 7. The van der Waals surface area contributed by atoms with E-state index >= 15 is 0 Å². The molecule has 2 rings (SSSR count). The SMILES string of the molecule is CCCOc1c(/C=C(\C#N)S(=O)(=O)c2ccccc2)cccc1OC. The summed E-state index contributed by atoms with van der Waals surface area (Å²) in [5.74, 6) is 0.902. The first-order chi connectivity index (χ1) is 12.0. The van der Waals surface area contributed by atoms with Gasteiger partial charge in [0.05, 0.1) is 18.6 Å². The van der Waals surface area contributed by atoms with Crippen LogP contribution in [-0.2, 0) is 9.84 Å². The summed E-state index contributed by atoms with van der Waals surface area (Å²) in [6, 6.07) is 14.8. The van der Waals surface area contributed by atoms with Gasteiger partial charge in [0.15, 0.2) is 11.5 Å². The highest BCUT2D eigenvalue weighted by atomic mass is 32.2. The van der Waals surface area contributed by atoms with E-state index < -0.39 is 9.84 Å². The Labute approximate surface area is 148 Å². The second kappa shape index (κ2) is 8.36. The highest BCUT2D eigenvalue weighted by molar-refractivity contribution is 7.95. The Morgan fingerprint density at radius 3 is 2.48 bits per heavy atom. The molecule has 0 heterocycles. The predicted molar refractivity (Wildman–Crippen MR) is 96.0 cm³/mol. The first-order valence-corrected chi connectivity index (χ1v) is 9.24. The molecule has 0 spiro atoms. The Bertz CT molecular complexity index is 897. The Morgan fingerprint density at radius 1 is 1.16 bits per heavy atom. The summed E-state index contributed by atoms with van der Waals surface area (Å²) in [6.07, 6.45) is 2.10. The zero-order valence-corrected chi connectivity index (χ0v) is 14.9. The minimum absolute atomic E-state index is 0.0710. The van der Waals surface area contributed by atoms with Crippen LogP contribution in [0.5, 0.6) is 11.5 Å². The maximum atomic E-state index is 12.7. The lowest BCUT2D eigenvalue weighted by Gasteiger charge is -2.13. The molecule has 0 aliphatic rings. The number of ether oxygens (including phenoxy) is 2. The Kier molecular flexibility index (Phi) is 6.20. The van der Waals surface area contributed by atoms with Crippen molar-refractivity contribution < 1.29 is 17.9 Å². The maximum Gasteiger partial charge on any atom is 0.216 e. The normalized spacial score (nSPS) is 11.6. The van der Waals surface area contributed by atoms with Crippen LogP contribution >= 0.6 is 0 Å². The van der Waals surface area contributed by atoms with Gasteiger partial charge in [0, 0.05) is 5.56 Å². The third-order valence-electron chi connectivity index (χ3n) is 3.42. The van der Waals surface area contributed by atoms with Crippen LogP contribution in [0.15, 0.2) is 58.3 Å². The molecule has 0 radical (unpaired) electrons. The van der Waals surface area contributed by atoms with E-state index in [9.17, 15) is 13.7 Å². The molecule has 0 aliphatic heterocycles. The summed E-state index contributed by atoms with van der Waals surface area (Å²) in [7, 11) is -2.40. The fraction of sp³-hybridized carbons (Fsp3) is 0.211. The topological polar surface area (TPSA) is 76.4 Å². The largest absolute Gasteiger partial charge is 0.493 e. The molecule has 25 heavy (non-hydrogen) atoms. The molecule has 0 atom stereocenters. The number of allylic oxidation sites excluding steroid dienone is 1. The third-order valence-corrected chi connectivity index (χ3v) is 5.10. The van der Waals surface area contributed by atoms with Gasteiger partial charge in [-0.05, 0) is 30.7 Å². The molecule has 130 valence electrons. The maximum absolute atomic E-state index is 12.7. The number of nitriles is 1. The number of hydrogen-bond acceptors (Lipinski definition) is 5. The second-order valence-electron chi connectivity index (χ2n) is 5.16. The van der Waals surface area contributed by atoms with Crippen molar-refractivity contribution in [3.63, 3.8) is 0 Å². The van der Waals surface area contributed by atoms with Crippen molar-refractivity contribution in [2.45, 2.75) is 18.2 Å². The van der Waals surface area contributed by atoms with Gasteiger partial charge in [0.2, 0.25) is 9.84 Å². The summed E-state index contributed by atoms with van der Waals surface area (Å²) in [5.41, 5.74) is 0.476. The van der Waals surface area contributed by atoms with Gasteiger partial charge in [-0.15, -0.1) is 0 Å². The molecule has 0 saturated heterocycles. The molecule has 0 fully saturated rings. The Balaban J connectivity index is 2.56. The minimum atomic E-state index is -3.90. The lowest BCUT2D eigenvalue weighted by molar-refractivity contribution is 0.293. The average molecular weight is 357 g/mol. The number of nitrogens with zero attached hydrogens (tertiary/aromatic N) is 1. The van der Waals surface area contributed by atoms with E-state index in [-0.39, 0.29) is 9.80 Å². The van der Waals surface area contributed by atoms with E-state index in [0.717, 1.165) is 6.42 Å². The summed E-state index contributed by atoms with van der Waals surface area (Å²) in [5, 5.41) is 9.41. The second-order valence-corrected chi connectivity index (χ2v) is 7.08. The molecule has 0 aliphatic carbocycles. The van der Waals surface area contributed by atoms with Gasteiger partial charge in [-0.25, -0.2) is 8.42 Å². The van der Waals surface area contributed by atoms with Crippen LogP contribution in [-0.4, -0.2) is 22.1 Å². The average Bonchev–Trinajstić information content (AvgIpc) is 2.65. The molecule has 0 amide bonds. The highest BCUT2D eigenvalue weighted by Crippen LogP contribution is 2.34. The summed E-state index contributed by atoms with van der Waals surface area (Å²) >= 11 is 0. The van der Waals surface area contributed by atoms with Gasteiger partial charge in [0.25, 0.3) is 0 Å². The van der Waals surface area contributed by atoms with Crippen molar-refractivity contribution in [3.05, 3.63) is 59.0 Å². The van der Waals surface area contributed by atoms with Gasteiger partial charge in [0.1, 0.15) is 11.0 Å². The van der Waals surface area contributed by atoms with Crippen molar-refractivity contribution in [2.24, 2.45) is 0 Å². The van der Waals surface area contributed by atoms with E-state index in [0.29, 0.717) is 23.7 Å². The summed E-state index contributed by atoms with van der Waals surface area (Å²) in [6.45, 7) is 2.42. The lowest BCUT2D eigenvalue weighted by Crippen LogP contribution is -2.04. The molecule has 2 aromatic carbocycles. The number of para-hydroxylation sites is 1. The van der Waals surface area contributed by atoms with Gasteiger partial charge in [-0.1, -0.05) is 37.3 Å². The van der Waals surface area contributed by atoms with Crippen LogP contribution in [0.1, 0.15) is 18.9 Å². The van der Waals surface area contributed by atoms with Crippen molar-refractivity contribution in [1.29, 1.82) is 5.26 Å². The van der Waals surface area contributed by atoms with Crippen molar-refractivity contribution >= 4 is 15.9 Å². The zero-order chi connectivity index (χ0) is 18.3. The fourth-order valence-corrected chi connectivity index (χ4v) is 3.38. The van der Waals surface area contributed by atoms with Gasteiger partial charge < -0.3 is 9.47 Å². The number of hydrogen-bond donors (Lipinski definition) is 0. The van der Waals surface area contributed by atoms with E-state index in [1.165, 1.54) is 25.3 Å². The van der Waals surface area contributed by atoms with Crippen LogP contribution in [0, 0.1) is 11.3 Å². The van der Waals surface area contributed by atoms with Crippen LogP contribution in [0.2, 0.25) is 0 Å². The lowest BCUT2D eigenvalue weighted by atomic mass is 10.1. The van der Waals surface area contributed by atoms with Crippen molar-refractivity contribution in [2.75, 3.05) is 13.7 Å². The predicted octanol–water partition coefficient (Wildman–Crippen LogP) is 3.82. The standard InChI is InChI=1S/C19H19NO4S/c1-3-12-24-19-15(8-7-11-18(19)23-2)13-17(14-20)25(21,22)16-9-5-4-6-10-16/h4-11,13H,3,12H2,1-2H3/b17-13+. The Morgan fingerprint density at radius 2 is 1.88 bits per heavy atom. The number of methoxy groups -OCH3 is 1. The van der Waals surface area contributed by atoms with Crippen LogP contribution < -0.4 is 9.47 Å². The van der Waals surface area contributed by atoms with E-state index in [1.807, 2.05) is 6.92 Å². The zero-order valence-electron chi connectivity index (χ0n) is 14.1. The third kappa shape index (κ3) is 4.20. The summed E-state index contributed by atoms with van der Waals surface area (Å²) < 4.78 is 36.3. The molecule has 5 nitrogen and oxygen atoms in total. The molecule has 0 bridgehead atoms. The summed E-state index contributed by atoms with van der Waals surface area (Å²) in [4.78, 5) is -0.282. The molecule has 0 saturated carbocycles. The first kappa shape index (κ1) is 18.6. The quantitative estimate of drug-likeness (QED) is 0.704. The molecular formula is C19H19NO4S. The van der Waals surface area contributed by atoms with E-state index in [2.05, 4.69) is 0 Å². The van der Waals surface area contributed by atoms with Crippen molar-refractivity contribution in [3.8, 4) is 17.6 Å². The highest BCUT2D eigenvalue weighted by Gasteiger charge is 2.21. The smallest absolute Gasteiger partial charge is 0.216 e. The van der Waals surface area contributed by atoms with Gasteiger partial charge in [-0.2, -0.15) is 5.26 Å². The fourth-order valence-electron chi connectivity index (χ4n) is 2.20. The molecule has 0 unspecified atom stereocenters. The minimum Gasteiger partial charge on any atom is -0.493 e. The number of sulfone groups is 1. The van der Waals surface area contributed by atoms with Crippen molar-refractivity contribution in [1.82, 2.24) is 0 Å². The number of benzene rings is 2. The van der Waals surface area contributed by atoms with Crippen LogP contribution in [0.4, 0.5) is 0 Å². The monoisotopic (exact) mass is 357 g/mol. The molecule has 2 aromatic rings. The first-order valence-electron chi connectivity index (χ1n) is 7.76. The van der Waals surface area contributed by atoms with Gasteiger partial charge in [-0.3, -0.25) is 0 Å². The molecular weight excluding hydrogens is 338 g/mol. The molecule has 6 heteroatoms.